The van der Waals surface area contributed by atoms with Gasteiger partial charge in [-0.2, -0.15) is 0 Å². The molecule has 2 aliphatic rings. The zero-order valence-electron chi connectivity index (χ0n) is 19.2. The van der Waals surface area contributed by atoms with Crippen molar-refractivity contribution in [3.63, 3.8) is 0 Å². The molecule has 1 fully saturated rings. The molecule has 1 saturated heterocycles. The SMILES string of the molecule is CNC(=O)c1cccc(N2CCN(CCCCNC(=O)C3=Cc4ccccc4SC3)CC2)c1. The molecule has 0 radical (unpaired) electrons. The molecule has 0 saturated carbocycles. The van der Waals surface area contributed by atoms with Crippen LogP contribution in [0.4, 0.5) is 5.69 Å². The van der Waals surface area contributed by atoms with Gasteiger partial charge in [-0.1, -0.05) is 24.3 Å². The maximum atomic E-state index is 12.5. The molecule has 0 aliphatic carbocycles. The van der Waals surface area contributed by atoms with Gasteiger partial charge >= 0.3 is 0 Å². The number of hydrogen-bond donors (Lipinski definition) is 2. The number of nitrogens with one attached hydrogen (secondary N) is 2. The van der Waals surface area contributed by atoms with Crippen LogP contribution >= 0.6 is 11.8 Å². The fraction of sp³-hybridized carbons (Fsp3) is 0.385. The van der Waals surface area contributed by atoms with Gasteiger partial charge in [-0.15, -0.1) is 11.8 Å². The third-order valence-corrected chi connectivity index (χ3v) is 7.32. The summed E-state index contributed by atoms with van der Waals surface area (Å²) in [6.45, 7) is 5.71. The molecule has 33 heavy (non-hydrogen) atoms. The zero-order chi connectivity index (χ0) is 23.0. The Bertz CT molecular complexity index is 1010. The molecule has 7 heteroatoms. The topological polar surface area (TPSA) is 64.7 Å². The zero-order valence-corrected chi connectivity index (χ0v) is 20.0. The lowest BCUT2D eigenvalue weighted by molar-refractivity contribution is -0.117. The highest BCUT2D eigenvalue weighted by Gasteiger charge is 2.18. The number of nitrogens with zero attached hydrogens (tertiary/aromatic N) is 2. The van der Waals surface area contributed by atoms with Crippen molar-refractivity contribution in [1.29, 1.82) is 0 Å². The van der Waals surface area contributed by atoms with E-state index in [0.29, 0.717) is 5.56 Å². The molecule has 0 spiro atoms. The predicted octanol–water partition coefficient (Wildman–Crippen LogP) is 3.25. The van der Waals surface area contributed by atoms with Gasteiger partial charge in [-0.3, -0.25) is 14.5 Å². The van der Waals surface area contributed by atoms with Crippen LogP contribution in [0.3, 0.4) is 0 Å². The highest BCUT2D eigenvalue weighted by atomic mass is 32.2. The van der Waals surface area contributed by atoms with E-state index in [0.717, 1.165) is 74.7 Å². The molecule has 174 valence electrons. The van der Waals surface area contributed by atoms with E-state index in [2.05, 4.69) is 38.6 Å². The summed E-state index contributed by atoms with van der Waals surface area (Å²) < 4.78 is 0. The lowest BCUT2D eigenvalue weighted by atomic mass is 10.1. The largest absolute Gasteiger partial charge is 0.369 e. The minimum Gasteiger partial charge on any atom is -0.369 e. The summed E-state index contributed by atoms with van der Waals surface area (Å²) in [5, 5.41) is 5.77. The summed E-state index contributed by atoms with van der Waals surface area (Å²) in [6, 6.07) is 16.1. The molecule has 0 atom stereocenters. The van der Waals surface area contributed by atoms with Crippen LogP contribution in [-0.4, -0.2) is 68.8 Å². The number of carbonyl (C=O) groups is 2. The van der Waals surface area contributed by atoms with Gasteiger partial charge in [0.15, 0.2) is 0 Å². The lowest BCUT2D eigenvalue weighted by Gasteiger charge is -2.36. The predicted molar refractivity (Wildman–Crippen MR) is 136 cm³/mol. The number of rotatable bonds is 8. The second-order valence-electron chi connectivity index (χ2n) is 8.42. The number of anilines is 1. The first-order chi connectivity index (χ1) is 16.1. The van der Waals surface area contributed by atoms with Crippen molar-refractivity contribution >= 4 is 35.3 Å². The Morgan fingerprint density at radius 3 is 2.61 bits per heavy atom. The minimum atomic E-state index is -0.0501. The van der Waals surface area contributed by atoms with E-state index in [1.165, 1.54) is 4.90 Å². The average Bonchev–Trinajstić information content (AvgIpc) is 2.88. The molecule has 2 heterocycles. The van der Waals surface area contributed by atoms with Crippen molar-refractivity contribution in [2.45, 2.75) is 17.7 Å². The van der Waals surface area contributed by atoms with Gasteiger partial charge in [-0.25, -0.2) is 0 Å². The lowest BCUT2D eigenvalue weighted by Crippen LogP contribution is -2.46. The third-order valence-electron chi connectivity index (χ3n) is 6.18. The Hall–Kier alpha value is -2.77. The molecule has 2 aromatic carbocycles. The van der Waals surface area contributed by atoms with E-state index in [1.54, 1.807) is 18.8 Å². The Morgan fingerprint density at radius 1 is 0.970 bits per heavy atom. The fourth-order valence-electron chi connectivity index (χ4n) is 4.24. The van der Waals surface area contributed by atoms with Crippen molar-refractivity contribution in [1.82, 2.24) is 15.5 Å². The van der Waals surface area contributed by atoms with Crippen molar-refractivity contribution < 1.29 is 9.59 Å². The number of benzene rings is 2. The Morgan fingerprint density at radius 2 is 1.79 bits per heavy atom. The number of unbranched alkanes of at least 4 members (excludes halogenated alkanes) is 1. The van der Waals surface area contributed by atoms with Crippen LogP contribution in [0.1, 0.15) is 28.8 Å². The van der Waals surface area contributed by atoms with Gasteiger partial charge in [0.05, 0.1) is 0 Å². The average molecular weight is 465 g/mol. The van der Waals surface area contributed by atoms with E-state index in [4.69, 9.17) is 0 Å². The molecule has 0 unspecified atom stereocenters. The first-order valence-corrected chi connectivity index (χ1v) is 12.6. The van der Waals surface area contributed by atoms with Crippen LogP contribution in [-0.2, 0) is 4.79 Å². The number of amides is 2. The number of hydrogen-bond acceptors (Lipinski definition) is 5. The molecule has 2 amide bonds. The van der Waals surface area contributed by atoms with E-state index in [9.17, 15) is 9.59 Å². The molecule has 0 aromatic heterocycles. The number of thioether (sulfide) groups is 1. The van der Waals surface area contributed by atoms with Gasteiger partial charge in [-0.05, 0) is 55.3 Å². The molecular formula is C26H32N4O2S. The van der Waals surface area contributed by atoms with Crippen LogP contribution in [0.2, 0.25) is 0 Å². The van der Waals surface area contributed by atoms with Gasteiger partial charge < -0.3 is 15.5 Å². The standard InChI is InChI=1S/C26H32N4O2S/c1-27-25(31)21-8-6-9-23(18-21)30-15-13-29(14-16-30)12-5-4-11-28-26(32)22-17-20-7-2-3-10-24(20)33-19-22/h2-3,6-10,17-18H,4-5,11-16,19H2,1H3,(H,27,31)(H,28,32). The van der Waals surface area contributed by atoms with E-state index in [-0.39, 0.29) is 11.8 Å². The maximum Gasteiger partial charge on any atom is 0.251 e. The van der Waals surface area contributed by atoms with Crippen molar-refractivity contribution in [3.8, 4) is 0 Å². The third kappa shape index (κ3) is 6.18. The van der Waals surface area contributed by atoms with Crippen molar-refractivity contribution in [3.05, 3.63) is 65.2 Å². The summed E-state index contributed by atoms with van der Waals surface area (Å²) >= 11 is 1.73. The van der Waals surface area contributed by atoms with E-state index >= 15 is 0 Å². The van der Waals surface area contributed by atoms with Crippen molar-refractivity contribution in [2.24, 2.45) is 0 Å². The molecule has 2 aliphatic heterocycles. The Balaban J connectivity index is 1.14. The molecule has 4 rings (SSSR count). The van der Waals surface area contributed by atoms with Gasteiger partial charge in [0.1, 0.15) is 0 Å². The Kier molecular flexibility index (Phi) is 8.07. The first kappa shape index (κ1) is 23.4. The quantitative estimate of drug-likeness (QED) is 0.587. The van der Waals surface area contributed by atoms with Crippen LogP contribution < -0.4 is 15.5 Å². The molecular weight excluding hydrogens is 432 g/mol. The van der Waals surface area contributed by atoms with Gasteiger partial charge in [0.2, 0.25) is 5.91 Å². The normalized spacial score (nSPS) is 16.0. The van der Waals surface area contributed by atoms with Crippen LogP contribution in [0.25, 0.3) is 6.08 Å². The number of carbonyl (C=O) groups excluding carboxylic acids is 2. The van der Waals surface area contributed by atoms with Crippen LogP contribution in [0.15, 0.2) is 59.0 Å². The first-order valence-electron chi connectivity index (χ1n) is 11.6. The minimum absolute atomic E-state index is 0.0501. The number of fused-ring (bicyclic) bond motifs is 1. The summed E-state index contributed by atoms with van der Waals surface area (Å²) in [5.74, 6) is 0.745. The highest BCUT2D eigenvalue weighted by molar-refractivity contribution is 7.99. The fourth-order valence-corrected chi connectivity index (χ4v) is 5.23. The van der Waals surface area contributed by atoms with Gasteiger partial charge in [0, 0.05) is 67.2 Å². The summed E-state index contributed by atoms with van der Waals surface area (Å²) in [4.78, 5) is 30.5. The molecule has 2 aromatic rings. The Labute approximate surface area is 200 Å². The van der Waals surface area contributed by atoms with Crippen LogP contribution in [0.5, 0.6) is 0 Å². The monoisotopic (exact) mass is 464 g/mol. The van der Waals surface area contributed by atoms with E-state index in [1.807, 2.05) is 36.4 Å². The summed E-state index contributed by atoms with van der Waals surface area (Å²) in [6.07, 6.45) is 4.07. The second kappa shape index (κ2) is 11.4. The van der Waals surface area contributed by atoms with Crippen molar-refractivity contribution in [2.75, 3.05) is 57.0 Å². The summed E-state index contributed by atoms with van der Waals surface area (Å²) in [7, 11) is 1.66. The van der Waals surface area contributed by atoms with Crippen LogP contribution in [0, 0.1) is 0 Å². The van der Waals surface area contributed by atoms with Gasteiger partial charge in [0.25, 0.3) is 5.91 Å². The molecule has 0 bridgehead atoms. The second-order valence-corrected chi connectivity index (χ2v) is 9.43. The smallest absolute Gasteiger partial charge is 0.251 e. The number of piperazine rings is 1. The molecule has 2 N–H and O–H groups in total. The highest BCUT2D eigenvalue weighted by Crippen LogP contribution is 2.31. The summed E-state index contributed by atoms with van der Waals surface area (Å²) in [5.41, 5.74) is 3.80. The maximum absolute atomic E-state index is 12.5. The molecule has 6 nitrogen and oxygen atoms in total. The van der Waals surface area contributed by atoms with E-state index < -0.39 is 0 Å².